The Bertz CT molecular complexity index is 1010. The highest BCUT2D eigenvalue weighted by Crippen LogP contribution is 2.34. The minimum Gasteiger partial charge on any atom is -0.371 e. The average molecular weight is 462 g/mol. The molecule has 0 radical (unpaired) electrons. The van der Waals surface area contributed by atoms with Gasteiger partial charge in [-0.1, -0.05) is 18.9 Å². The number of anilines is 2. The molecule has 180 valence electrons. The fourth-order valence-corrected chi connectivity index (χ4v) is 5.10. The number of piperazine rings is 1. The van der Waals surface area contributed by atoms with Crippen molar-refractivity contribution < 1.29 is 9.59 Å². The summed E-state index contributed by atoms with van der Waals surface area (Å²) in [4.78, 5) is 37.6. The zero-order valence-corrected chi connectivity index (χ0v) is 20.1. The molecule has 1 atom stereocenters. The lowest BCUT2D eigenvalue weighted by molar-refractivity contribution is -0.117. The largest absolute Gasteiger partial charge is 0.371 e. The lowest BCUT2D eigenvalue weighted by Crippen LogP contribution is -2.49. The van der Waals surface area contributed by atoms with Gasteiger partial charge in [0.05, 0.1) is 23.0 Å². The number of hydrogen-bond acceptors (Lipinski definition) is 5. The van der Waals surface area contributed by atoms with Crippen molar-refractivity contribution in [3.8, 4) is 0 Å². The van der Waals surface area contributed by atoms with E-state index >= 15 is 0 Å². The normalized spacial score (nSPS) is 21.7. The summed E-state index contributed by atoms with van der Waals surface area (Å²) in [5.41, 5.74) is 3.37. The van der Waals surface area contributed by atoms with Gasteiger partial charge in [0.1, 0.15) is 0 Å². The highest BCUT2D eigenvalue weighted by Gasteiger charge is 2.34. The standard InChI is InChI=1S/C27H35N5O2/c1-30-16-17-32(25(19-30)23-8-4-5-13-28-23)27(34)22-12-11-21(29-26(33)20-9-10-20)18-24(22)31-14-6-2-3-7-15-31/h4-5,8,11-13,18,20,25H,2-3,6-7,9-10,14-17,19H2,1H3,(H,29,33). The Hall–Kier alpha value is -2.93. The van der Waals surface area contributed by atoms with E-state index in [1.54, 1.807) is 6.20 Å². The number of rotatable bonds is 5. The molecular weight excluding hydrogens is 426 g/mol. The van der Waals surface area contributed by atoms with Crippen molar-refractivity contribution in [1.29, 1.82) is 0 Å². The first-order valence-electron chi connectivity index (χ1n) is 12.7. The van der Waals surface area contributed by atoms with Crippen LogP contribution in [0.25, 0.3) is 0 Å². The summed E-state index contributed by atoms with van der Waals surface area (Å²) in [7, 11) is 2.09. The van der Waals surface area contributed by atoms with E-state index in [1.165, 1.54) is 12.8 Å². The second-order valence-corrected chi connectivity index (χ2v) is 9.93. The van der Waals surface area contributed by atoms with Crippen LogP contribution in [0.4, 0.5) is 11.4 Å². The molecule has 1 unspecified atom stereocenters. The van der Waals surface area contributed by atoms with E-state index < -0.39 is 0 Å². The monoisotopic (exact) mass is 461 g/mol. The van der Waals surface area contributed by atoms with E-state index in [1.807, 2.05) is 41.3 Å². The number of likely N-dealkylation sites (N-methyl/N-ethyl adjacent to an activating group) is 1. The van der Waals surface area contributed by atoms with Crippen molar-refractivity contribution in [2.45, 2.75) is 44.6 Å². The summed E-state index contributed by atoms with van der Waals surface area (Å²) < 4.78 is 0. The van der Waals surface area contributed by atoms with E-state index in [0.717, 1.165) is 74.5 Å². The van der Waals surface area contributed by atoms with Crippen LogP contribution in [0.5, 0.6) is 0 Å². The molecule has 2 aromatic rings. The number of nitrogens with zero attached hydrogens (tertiary/aromatic N) is 4. The lowest BCUT2D eigenvalue weighted by Gasteiger charge is -2.40. The molecule has 2 amide bonds. The molecule has 3 aliphatic rings. The van der Waals surface area contributed by atoms with Crippen molar-refractivity contribution in [3.63, 3.8) is 0 Å². The van der Waals surface area contributed by atoms with Crippen LogP contribution in [0.3, 0.4) is 0 Å². The summed E-state index contributed by atoms with van der Waals surface area (Å²) in [5, 5.41) is 3.08. The van der Waals surface area contributed by atoms with Gasteiger partial charge in [0.25, 0.3) is 5.91 Å². The summed E-state index contributed by atoms with van der Waals surface area (Å²) in [6, 6.07) is 11.6. The maximum Gasteiger partial charge on any atom is 0.256 e. The van der Waals surface area contributed by atoms with Gasteiger partial charge in [-0.3, -0.25) is 14.6 Å². The Balaban J connectivity index is 1.47. The highest BCUT2D eigenvalue weighted by atomic mass is 16.2. The van der Waals surface area contributed by atoms with Crippen molar-refractivity contribution in [2.75, 3.05) is 50.0 Å². The van der Waals surface area contributed by atoms with Crippen molar-refractivity contribution in [1.82, 2.24) is 14.8 Å². The SMILES string of the molecule is CN1CCN(C(=O)c2ccc(NC(=O)C3CC3)cc2N2CCCCCC2)C(c2ccccn2)C1. The van der Waals surface area contributed by atoms with Gasteiger partial charge in [0, 0.05) is 50.5 Å². The van der Waals surface area contributed by atoms with Crippen LogP contribution in [0.1, 0.15) is 60.6 Å². The number of carbonyl (C=O) groups is 2. The predicted molar refractivity (Wildman–Crippen MR) is 134 cm³/mol. The van der Waals surface area contributed by atoms with E-state index in [2.05, 4.69) is 27.1 Å². The van der Waals surface area contributed by atoms with Crippen LogP contribution in [0, 0.1) is 5.92 Å². The maximum absolute atomic E-state index is 14.1. The van der Waals surface area contributed by atoms with Gasteiger partial charge in [0.15, 0.2) is 0 Å². The third kappa shape index (κ3) is 5.09. The molecule has 2 saturated heterocycles. The van der Waals surface area contributed by atoms with Crippen molar-refractivity contribution in [2.24, 2.45) is 5.92 Å². The smallest absolute Gasteiger partial charge is 0.256 e. The molecule has 1 aromatic carbocycles. The van der Waals surface area contributed by atoms with E-state index in [0.29, 0.717) is 6.54 Å². The summed E-state index contributed by atoms with van der Waals surface area (Å²) in [6.45, 7) is 4.14. The number of amides is 2. The van der Waals surface area contributed by atoms with Crippen LogP contribution in [-0.4, -0.2) is 66.4 Å². The van der Waals surface area contributed by atoms with E-state index in [4.69, 9.17) is 0 Å². The maximum atomic E-state index is 14.1. The minimum atomic E-state index is -0.0846. The molecule has 7 heteroatoms. The zero-order valence-electron chi connectivity index (χ0n) is 20.1. The molecule has 34 heavy (non-hydrogen) atoms. The first-order valence-corrected chi connectivity index (χ1v) is 12.7. The Morgan fingerprint density at radius 1 is 0.971 bits per heavy atom. The fourth-order valence-electron chi connectivity index (χ4n) is 5.10. The first-order chi connectivity index (χ1) is 16.6. The van der Waals surface area contributed by atoms with E-state index in [9.17, 15) is 9.59 Å². The number of benzene rings is 1. The summed E-state index contributed by atoms with van der Waals surface area (Å²) in [6.07, 6.45) is 8.43. The van der Waals surface area contributed by atoms with Gasteiger partial charge in [-0.05, 0) is 63.1 Å². The van der Waals surface area contributed by atoms with Crippen molar-refractivity contribution in [3.05, 3.63) is 53.9 Å². The molecule has 1 aromatic heterocycles. The van der Waals surface area contributed by atoms with Crippen LogP contribution in [-0.2, 0) is 4.79 Å². The molecule has 0 spiro atoms. The van der Waals surface area contributed by atoms with Gasteiger partial charge in [-0.25, -0.2) is 0 Å². The summed E-state index contributed by atoms with van der Waals surface area (Å²) >= 11 is 0. The number of hydrogen-bond donors (Lipinski definition) is 1. The topological polar surface area (TPSA) is 68.8 Å². The van der Waals surface area contributed by atoms with Gasteiger partial charge in [-0.15, -0.1) is 0 Å². The van der Waals surface area contributed by atoms with Crippen LogP contribution < -0.4 is 10.2 Å². The second-order valence-electron chi connectivity index (χ2n) is 9.93. The molecule has 5 rings (SSSR count). The molecule has 1 aliphatic carbocycles. The van der Waals surface area contributed by atoms with Crippen LogP contribution in [0.2, 0.25) is 0 Å². The number of aromatic nitrogens is 1. The first kappa shape index (κ1) is 22.8. The molecule has 1 saturated carbocycles. The fraction of sp³-hybridized carbons (Fsp3) is 0.519. The Morgan fingerprint density at radius 3 is 2.47 bits per heavy atom. The third-order valence-corrected chi connectivity index (χ3v) is 7.26. The molecule has 1 N–H and O–H groups in total. The quantitative estimate of drug-likeness (QED) is 0.731. The van der Waals surface area contributed by atoms with Crippen LogP contribution >= 0.6 is 0 Å². The average Bonchev–Trinajstić information content (AvgIpc) is 3.72. The molecule has 7 nitrogen and oxygen atoms in total. The Labute approximate surface area is 202 Å². The molecule has 0 bridgehead atoms. The zero-order chi connectivity index (χ0) is 23.5. The third-order valence-electron chi connectivity index (χ3n) is 7.26. The molecule has 2 aliphatic heterocycles. The second kappa shape index (κ2) is 10.1. The Morgan fingerprint density at radius 2 is 1.76 bits per heavy atom. The van der Waals surface area contributed by atoms with Crippen molar-refractivity contribution >= 4 is 23.2 Å². The predicted octanol–water partition coefficient (Wildman–Crippen LogP) is 3.94. The van der Waals surface area contributed by atoms with Gasteiger partial charge in [0.2, 0.25) is 5.91 Å². The molecular formula is C27H35N5O2. The Kier molecular flexibility index (Phi) is 6.81. The van der Waals surface area contributed by atoms with Crippen LogP contribution in [0.15, 0.2) is 42.6 Å². The summed E-state index contributed by atoms with van der Waals surface area (Å²) in [5.74, 6) is 0.283. The highest BCUT2D eigenvalue weighted by molar-refractivity contribution is 6.02. The van der Waals surface area contributed by atoms with Gasteiger partial charge >= 0.3 is 0 Å². The van der Waals surface area contributed by atoms with Gasteiger partial charge < -0.3 is 20.0 Å². The number of carbonyl (C=O) groups excluding carboxylic acids is 2. The molecule has 3 fully saturated rings. The number of nitrogens with one attached hydrogen (secondary N) is 1. The van der Waals surface area contributed by atoms with Gasteiger partial charge in [-0.2, -0.15) is 0 Å². The number of pyridine rings is 1. The van der Waals surface area contributed by atoms with E-state index in [-0.39, 0.29) is 23.8 Å². The lowest BCUT2D eigenvalue weighted by atomic mass is 10.0. The molecule has 3 heterocycles. The minimum absolute atomic E-state index is 0.0445.